The molecule has 2 N–H and O–H groups in total. The Morgan fingerprint density at radius 3 is 2.27 bits per heavy atom. The van der Waals surface area contributed by atoms with Crippen molar-refractivity contribution in [2.45, 2.75) is 30.5 Å². The van der Waals surface area contributed by atoms with Gasteiger partial charge < -0.3 is 10.2 Å². The third kappa shape index (κ3) is 3.13. The highest BCUT2D eigenvalue weighted by atomic mass is 79.9. The number of nitrogens with zero attached hydrogens (tertiary/aromatic N) is 1. The highest BCUT2D eigenvalue weighted by Gasteiger charge is 2.39. The molecule has 0 aromatic carbocycles. The van der Waals surface area contributed by atoms with Gasteiger partial charge in [0, 0.05) is 27.3 Å². The quantitative estimate of drug-likeness (QED) is 0.241. The van der Waals surface area contributed by atoms with E-state index in [-0.39, 0.29) is 12.8 Å². The summed E-state index contributed by atoms with van der Waals surface area (Å²) in [6, 6.07) is 0. The molecule has 0 heterocycles. The predicted octanol–water partition coefficient (Wildman–Crippen LogP) is 0.465. The van der Waals surface area contributed by atoms with Crippen LogP contribution < -0.4 is 0 Å². The molecule has 1 unspecified atom stereocenters. The molecule has 0 aromatic rings. The van der Waals surface area contributed by atoms with Gasteiger partial charge in [0.25, 0.3) is 4.45 Å². The largest absolute Gasteiger partial charge is 0.368 e. The van der Waals surface area contributed by atoms with E-state index in [0.717, 1.165) is 0 Å². The zero-order chi connectivity index (χ0) is 9.07. The monoisotopic (exact) mass is 227 g/mol. The Morgan fingerprint density at radius 2 is 2.18 bits per heavy atom. The molecule has 0 bridgehead atoms. The standard InChI is InChI=1S/C5H10BrNO4/c1-2-5(6,7(10)11)3-4(8)9/h4,8-9H,2-3H2,1H3. The molecule has 6 heteroatoms. The number of halogens is 1. The summed E-state index contributed by atoms with van der Waals surface area (Å²) >= 11 is 2.83. The number of nitro groups is 1. The van der Waals surface area contributed by atoms with E-state index in [1.807, 2.05) is 0 Å². The molecule has 0 aromatic heterocycles. The first-order chi connectivity index (χ1) is 4.92. The van der Waals surface area contributed by atoms with Gasteiger partial charge in [-0.05, 0) is 0 Å². The van der Waals surface area contributed by atoms with Crippen LogP contribution in [-0.2, 0) is 0 Å². The summed E-state index contributed by atoms with van der Waals surface area (Å²) in [5.74, 6) is 0. The minimum absolute atomic E-state index is 0.206. The first kappa shape index (κ1) is 10.8. The van der Waals surface area contributed by atoms with Crippen LogP contribution in [0.4, 0.5) is 0 Å². The van der Waals surface area contributed by atoms with Gasteiger partial charge >= 0.3 is 0 Å². The fraction of sp³-hybridized carbons (Fsp3) is 1.00. The first-order valence-electron chi connectivity index (χ1n) is 3.12. The molecule has 0 saturated heterocycles. The van der Waals surface area contributed by atoms with E-state index in [0.29, 0.717) is 0 Å². The summed E-state index contributed by atoms with van der Waals surface area (Å²) in [5.41, 5.74) is 0. The molecule has 11 heavy (non-hydrogen) atoms. The Kier molecular flexibility index (Phi) is 3.91. The Hall–Kier alpha value is -0.200. The van der Waals surface area contributed by atoms with E-state index in [2.05, 4.69) is 15.9 Å². The van der Waals surface area contributed by atoms with Crippen LogP contribution in [0.1, 0.15) is 19.8 Å². The van der Waals surface area contributed by atoms with Gasteiger partial charge in [0.2, 0.25) is 0 Å². The fourth-order valence-electron chi connectivity index (χ4n) is 0.628. The van der Waals surface area contributed by atoms with Crippen LogP contribution in [0, 0.1) is 10.1 Å². The molecular weight excluding hydrogens is 218 g/mol. The van der Waals surface area contributed by atoms with Gasteiger partial charge in [-0.25, -0.2) is 0 Å². The van der Waals surface area contributed by atoms with Crippen molar-refractivity contribution in [2.24, 2.45) is 0 Å². The Bertz CT molecular complexity index is 151. The molecule has 0 radical (unpaired) electrons. The van der Waals surface area contributed by atoms with Gasteiger partial charge in [-0.3, -0.25) is 10.1 Å². The average Bonchev–Trinajstić information content (AvgIpc) is 1.86. The van der Waals surface area contributed by atoms with Crippen molar-refractivity contribution < 1.29 is 15.1 Å². The van der Waals surface area contributed by atoms with Gasteiger partial charge in [-0.15, -0.1) is 0 Å². The second-order valence-corrected chi connectivity index (χ2v) is 3.69. The summed E-state index contributed by atoms with van der Waals surface area (Å²) < 4.78 is -1.40. The fourth-order valence-corrected chi connectivity index (χ4v) is 0.917. The topological polar surface area (TPSA) is 83.6 Å². The van der Waals surface area contributed by atoms with Crippen LogP contribution in [0.25, 0.3) is 0 Å². The van der Waals surface area contributed by atoms with Gasteiger partial charge in [-0.2, -0.15) is 0 Å². The van der Waals surface area contributed by atoms with Crippen molar-refractivity contribution >= 4 is 15.9 Å². The molecule has 0 spiro atoms. The van der Waals surface area contributed by atoms with Crippen LogP contribution in [0.2, 0.25) is 0 Å². The number of alkyl halides is 1. The van der Waals surface area contributed by atoms with Crippen molar-refractivity contribution in [1.29, 1.82) is 0 Å². The molecule has 0 aliphatic heterocycles. The zero-order valence-corrected chi connectivity index (χ0v) is 7.61. The lowest BCUT2D eigenvalue weighted by atomic mass is 10.1. The third-order valence-corrected chi connectivity index (χ3v) is 2.54. The Labute approximate surface area is 72.3 Å². The maximum absolute atomic E-state index is 10.3. The van der Waals surface area contributed by atoms with Gasteiger partial charge in [0.05, 0.1) is 6.42 Å². The summed E-state index contributed by atoms with van der Waals surface area (Å²) in [5, 5.41) is 27.3. The van der Waals surface area contributed by atoms with Crippen LogP contribution in [-0.4, -0.2) is 25.9 Å². The highest BCUT2D eigenvalue weighted by Crippen LogP contribution is 2.27. The molecule has 5 nitrogen and oxygen atoms in total. The maximum atomic E-state index is 10.3. The zero-order valence-electron chi connectivity index (χ0n) is 6.03. The number of hydrogen-bond acceptors (Lipinski definition) is 4. The van der Waals surface area contributed by atoms with E-state index in [1.165, 1.54) is 0 Å². The number of rotatable bonds is 4. The molecule has 66 valence electrons. The average molecular weight is 228 g/mol. The summed E-state index contributed by atoms with van der Waals surface area (Å²) in [4.78, 5) is 9.76. The third-order valence-electron chi connectivity index (χ3n) is 1.36. The van der Waals surface area contributed by atoms with E-state index in [4.69, 9.17) is 10.2 Å². The molecule has 0 saturated carbocycles. The number of aliphatic hydroxyl groups is 2. The van der Waals surface area contributed by atoms with Crippen molar-refractivity contribution in [3.63, 3.8) is 0 Å². The van der Waals surface area contributed by atoms with Crippen LogP contribution in [0.15, 0.2) is 0 Å². The number of hydrogen-bond donors (Lipinski definition) is 2. The maximum Gasteiger partial charge on any atom is 0.279 e. The van der Waals surface area contributed by atoms with E-state index in [9.17, 15) is 10.1 Å². The van der Waals surface area contributed by atoms with E-state index < -0.39 is 15.7 Å². The van der Waals surface area contributed by atoms with Crippen molar-refractivity contribution in [1.82, 2.24) is 0 Å². The van der Waals surface area contributed by atoms with Crippen LogP contribution in [0.3, 0.4) is 0 Å². The summed E-state index contributed by atoms with van der Waals surface area (Å²) in [6.45, 7) is 1.60. The molecule has 0 amide bonds. The van der Waals surface area contributed by atoms with E-state index >= 15 is 0 Å². The smallest absolute Gasteiger partial charge is 0.279 e. The first-order valence-corrected chi connectivity index (χ1v) is 3.91. The molecular formula is C5H10BrNO4. The summed E-state index contributed by atoms with van der Waals surface area (Å²) in [6.07, 6.45) is -1.76. The lowest BCUT2D eigenvalue weighted by Gasteiger charge is -2.17. The van der Waals surface area contributed by atoms with Gasteiger partial charge in [0.1, 0.15) is 0 Å². The second kappa shape index (κ2) is 3.99. The van der Waals surface area contributed by atoms with Gasteiger partial charge in [-0.1, -0.05) is 6.92 Å². The van der Waals surface area contributed by atoms with Crippen LogP contribution in [0.5, 0.6) is 0 Å². The highest BCUT2D eigenvalue weighted by molar-refractivity contribution is 9.10. The SMILES string of the molecule is CCC(Br)(CC(O)O)[N+](=O)[O-]. The summed E-state index contributed by atoms with van der Waals surface area (Å²) in [7, 11) is 0. The van der Waals surface area contributed by atoms with E-state index in [1.54, 1.807) is 6.92 Å². The van der Waals surface area contributed by atoms with Crippen LogP contribution >= 0.6 is 15.9 Å². The van der Waals surface area contributed by atoms with Crippen molar-refractivity contribution in [3.05, 3.63) is 10.1 Å². The molecule has 0 aliphatic carbocycles. The molecule has 1 atom stereocenters. The Morgan fingerprint density at radius 1 is 1.73 bits per heavy atom. The van der Waals surface area contributed by atoms with Crippen molar-refractivity contribution in [3.8, 4) is 0 Å². The van der Waals surface area contributed by atoms with Gasteiger partial charge in [0.15, 0.2) is 6.29 Å². The van der Waals surface area contributed by atoms with Crippen molar-refractivity contribution in [2.75, 3.05) is 0 Å². The minimum Gasteiger partial charge on any atom is -0.368 e. The predicted molar refractivity (Wildman–Crippen MR) is 41.8 cm³/mol. The second-order valence-electron chi connectivity index (χ2n) is 2.21. The normalized spacial score (nSPS) is 16.5. The lowest BCUT2D eigenvalue weighted by molar-refractivity contribution is -0.540. The Balaban J connectivity index is 4.22. The number of aliphatic hydroxyl groups excluding tert-OH is 1. The molecule has 0 aliphatic rings. The lowest BCUT2D eigenvalue weighted by Crippen LogP contribution is -2.34. The molecule has 0 rings (SSSR count). The minimum atomic E-state index is -1.65. The molecule has 0 fully saturated rings.